The summed E-state index contributed by atoms with van der Waals surface area (Å²) in [7, 11) is 0. The largest absolute Gasteiger partial charge is 0.257 e. The molecule has 2 aromatic rings. The first-order valence-electron chi connectivity index (χ1n) is 5.97. The molecule has 0 amide bonds. The zero-order valence-electron chi connectivity index (χ0n) is 9.69. The summed E-state index contributed by atoms with van der Waals surface area (Å²) < 4.78 is 1.99. The molecule has 1 aromatic carbocycles. The third-order valence-corrected chi connectivity index (χ3v) is 3.30. The van der Waals surface area contributed by atoms with Gasteiger partial charge in [0.25, 0.3) is 0 Å². The molecule has 2 nitrogen and oxygen atoms in total. The zero-order chi connectivity index (χ0) is 11.7. The Morgan fingerprint density at radius 1 is 1.24 bits per heavy atom. The van der Waals surface area contributed by atoms with Gasteiger partial charge in [-0.05, 0) is 19.3 Å². The smallest absolute Gasteiger partial charge is 0.102 e. The van der Waals surface area contributed by atoms with Crippen molar-refractivity contribution >= 4 is 0 Å². The number of aromatic nitrogens is 2. The molecule has 1 aliphatic carbocycles. The molecule has 17 heavy (non-hydrogen) atoms. The highest BCUT2D eigenvalue weighted by molar-refractivity contribution is 5.64. The van der Waals surface area contributed by atoms with Crippen molar-refractivity contribution in [2.75, 3.05) is 0 Å². The topological polar surface area (TPSA) is 17.8 Å². The van der Waals surface area contributed by atoms with Crippen molar-refractivity contribution in [2.24, 2.45) is 0 Å². The van der Waals surface area contributed by atoms with Gasteiger partial charge in [0.1, 0.15) is 6.54 Å². The van der Waals surface area contributed by atoms with E-state index >= 15 is 0 Å². The second kappa shape index (κ2) is 4.10. The van der Waals surface area contributed by atoms with Gasteiger partial charge in [0, 0.05) is 16.8 Å². The van der Waals surface area contributed by atoms with E-state index in [1.807, 2.05) is 10.7 Å². The molecule has 0 saturated carbocycles. The Balaban J connectivity index is 2.13. The highest BCUT2D eigenvalue weighted by Gasteiger charge is 2.22. The summed E-state index contributed by atoms with van der Waals surface area (Å²) in [6, 6.07) is 10.4. The van der Waals surface area contributed by atoms with Crippen molar-refractivity contribution in [3.8, 4) is 23.6 Å². The van der Waals surface area contributed by atoms with Crippen molar-refractivity contribution in [3.05, 3.63) is 41.6 Å². The molecule has 0 radical (unpaired) electrons. The maximum absolute atomic E-state index is 5.39. The van der Waals surface area contributed by atoms with E-state index in [1.165, 1.54) is 23.2 Å². The van der Waals surface area contributed by atoms with Gasteiger partial charge in [0.15, 0.2) is 0 Å². The Bertz CT molecular complexity index is 573. The molecule has 1 aromatic heterocycles. The molecule has 0 spiro atoms. The SMILES string of the molecule is C#CCn1nc(-c2ccccc2)c2c1CCC2. The molecule has 0 fully saturated rings. The highest BCUT2D eigenvalue weighted by Crippen LogP contribution is 2.31. The normalized spacial score (nSPS) is 13.4. The van der Waals surface area contributed by atoms with Crippen LogP contribution < -0.4 is 0 Å². The van der Waals surface area contributed by atoms with Crippen LogP contribution in [0, 0.1) is 12.3 Å². The van der Waals surface area contributed by atoms with Crippen molar-refractivity contribution in [3.63, 3.8) is 0 Å². The Morgan fingerprint density at radius 3 is 2.82 bits per heavy atom. The molecule has 0 N–H and O–H groups in total. The van der Waals surface area contributed by atoms with Crippen LogP contribution in [0.2, 0.25) is 0 Å². The second-order valence-electron chi connectivity index (χ2n) is 4.36. The van der Waals surface area contributed by atoms with E-state index in [0.717, 1.165) is 18.5 Å². The van der Waals surface area contributed by atoms with Crippen LogP contribution >= 0.6 is 0 Å². The van der Waals surface area contributed by atoms with Gasteiger partial charge in [0.05, 0.1) is 5.69 Å². The van der Waals surface area contributed by atoms with Gasteiger partial charge < -0.3 is 0 Å². The van der Waals surface area contributed by atoms with Gasteiger partial charge >= 0.3 is 0 Å². The van der Waals surface area contributed by atoms with Crippen LogP contribution in [-0.2, 0) is 19.4 Å². The van der Waals surface area contributed by atoms with E-state index in [4.69, 9.17) is 6.42 Å². The minimum atomic E-state index is 0.579. The van der Waals surface area contributed by atoms with Crippen molar-refractivity contribution in [1.29, 1.82) is 0 Å². The minimum absolute atomic E-state index is 0.579. The zero-order valence-corrected chi connectivity index (χ0v) is 9.69. The lowest BCUT2D eigenvalue weighted by Crippen LogP contribution is -2.02. The summed E-state index contributed by atoms with van der Waals surface area (Å²) in [6.07, 6.45) is 8.85. The first-order chi connectivity index (χ1) is 8.40. The average molecular weight is 222 g/mol. The monoisotopic (exact) mass is 222 g/mol. The van der Waals surface area contributed by atoms with Gasteiger partial charge in [-0.3, -0.25) is 4.68 Å². The second-order valence-corrected chi connectivity index (χ2v) is 4.36. The molecule has 2 heteroatoms. The number of hydrogen-bond acceptors (Lipinski definition) is 1. The summed E-state index contributed by atoms with van der Waals surface area (Å²) >= 11 is 0. The van der Waals surface area contributed by atoms with Crippen LogP contribution in [0.3, 0.4) is 0 Å². The van der Waals surface area contributed by atoms with Crippen LogP contribution in [0.5, 0.6) is 0 Å². The molecule has 3 rings (SSSR count). The third-order valence-electron chi connectivity index (χ3n) is 3.30. The van der Waals surface area contributed by atoms with Crippen molar-refractivity contribution in [2.45, 2.75) is 25.8 Å². The summed E-state index contributed by atoms with van der Waals surface area (Å²) in [5, 5.41) is 4.67. The fourth-order valence-electron chi connectivity index (χ4n) is 2.55. The number of terminal acetylenes is 1. The number of benzene rings is 1. The summed E-state index contributed by atoms with van der Waals surface area (Å²) in [4.78, 5) is 0. The Hall–Kier alpha value is -2.01. The van der Waals surface area contributed by atoms with E-state index < -0.39 is 0 Å². The average Bonchev–Trinajstić information content (AvgIpc) is 2.94. The number of hydrogen-bond donors (Lipinski definition) is 0. The Kier molecular flexibility index (Phi) is 2.45. The predicted octanol–water partition coefficient (Wildman–Crippen LogP) is 2.67. The maximum atomic E-state index is 5.39. The fourth-order valence-corrected chi connectivity index (χ4v) is 2.55. The van der Waals surface area contributed by atoms with Gasteiger partial charge in [0.2, 0.25) is 0 Å². The van der Waals surface area contributed by atoms with Crippen LogP contribution in [0.15, 0.2) is 30.3 Å². The van der Waals surface area contributed by atoms with Gasteiger partial charge in [-0.1, -0.05) is 36.3 Å². The summed E-state index contributed by atoms with van der Waals surface area (Å²) in [6.45, 7) is 0.579. The van der Waals surface area contributed by atoms with Crippen molar-refractivity contribution < 1.29 is 0 Å². The standard InChI is InChI=1S/C15H14N2/c1-2-11-17-14-10-6-9-13(14)15(16-17)12-7-4-3-5-8-12/h1,3-5,7-8H,6,9-11H2. The molecule has 0 aliphatic heterocycles. The van der Waals surface area contributed by atoms with Crippen LogP contribution in [0.25, 0.3) is 11.3 Å². The lowest BCUT2D eigenvalue weighted by atomic mass is 10.1. The molecule has 84 valence electrons. The van der Waals surface area contributed by atoms with Gasteiger partial charge in [-0.25, -0.2) is 0 Å². The summed E-state index contributed by atoms with van der Waals surface area (Å²) in [5.74, 6) is 2.68. The highest BCUT2D eigenvalue weighted by atomic mass is 15.3. The lowest BCUT2D eigenvalue weighted by molar-refractivity contribution is 0.669. The van der Waals surface area contributed by atoms with Crippen LogP contribution in [0.4, 0.5) is 0 Å². The molecule has 1 aliphatic rings. The number of fused-ring (bicyclic) bond motifs is 1. The molecular weight excluding hydrogens is 208 g/mol. The number of nitrogens with zero attached hydrogens (tertiary/aromatic N) is 2. The number of rotatable bonds is 2. The Morgan fingerprint density at radius 2 is 2.06 bits per heavy atom. The molecule has 0 unspecified atom stereocenters. The fraction of sp³-hybridized carbons (Fsp3) is 0.267. The first kappa shape index (κ1) is 10.2. The van der Waals surface area contributed by atoms with Crippen molar-refractivity contribution in [1.82, 2.24) is 9.78 Å². The molecule has 0 saturated heterocycles. The van der Waals surface area contributed by atoms with Crippen LogP contribution in [-0.4, -0.2) is 9.78 Å². The first-order valence-corrected chi connectivity index (χ1v) is 5.97. The molecular formula is C15H14N2. The third kappa shape index (κ3) is 1.64. The maximum Gasteiger partial charge on any atom is 0.102 e. The van der Waals surface area contributed by atoms with E-state index in [1.54, 1.807) is 0 Å². The van der Waals surface area contributed by atoms with Gasteiger partial charge in [-0.2, -0.15) is 5.10 Å². The van der Waals surface area contributed by atoms with E-state index in [-0.39, 0.29) is 0 Å². The summed E-state index contributed by atoms with van der Waals surface area (Å²) in [5.41, 5.74) is 5.04. The Labute approximate surface area is 101 Å². The van der Waals surface area contributed by atoms with E-state index in [9.17, 15) is 0 Å². The molecule has 0 bridgehead atoms. The molecule has 0 atom stereocenters. The van der Waals surface area contributed by atoms with E-state index in [0.29, 0.717) is 6.54 Å². The van der Waals surface area contributed by atoms with E-state index in [2.05, 4.69) is 35.3 Å². The minimum Gasteiger partial charge on any atom is -0.257 e. The van der Waals surface area contributed by atoms with Crippen LogP contribution in [0.1, 0.15) is 17.7 Å². The lowest BCUT2D eigenvalue weighted by Gasteiger charge is -1.99. The van der Waals surface area contributed by atoms with Gasteiger partial charge in [-0.15, -0.1) is 6.42 Å². The molecule has 1 heterocycles. The predicted molar refractivity (Wildman–Crippen MR) is 68.5 cm³/mol. The quantitative estimate of drug-likeness (QED) is 0.714.